The molecule has 1 atom stereocenters. The van der Waals surface area contributed by atoms with E-state index >= 15 is 0 Å². The summed E-state index contributed by atoms with van der Waals surface area (Å²) in [7, 11) is -2.94. The number of hydrogen-bond acceptors (Lipinski definition) is 5. The second-order valence-electron chi connectivity index (χ2n) is 4.29. The van der Waals surface area contributed by atoms with Crippen molar-refractivity contribution in [2.75, 3.05) is 19.8 Å². The Hall–Kier alpha value is -0.523. The number of rotatable bonds is 12. The Morgan fingerprint density at radius 1 is 0.947 bits per heavy atom. The van der Waals surface area contributed by atoms with Crippen LogP contribution in [0.5, 0.6) is 0 Å². The number of hydrogen-bond donors (Lipinski definition) is 0. The van der Waals surface area contributed by atoms with Gasteiger partial charge < -0.3 is 13.3 Å². The summed E-state index contributed by atoms with van der Waals surface area (Å²) in [5.74, 6) is 0. The zero-order chi connectivity index (χ0) is 14.6. The van der Waals surface area contributed by atoms with Crippen molar-refractivity contribution >= 4 is 14.9 Å². The molecule has 0 saturated heterocycles. The molecule has 0 aromatic carbocycles. The molecule has 0 amide bonds. The fourth-order valence-corrected chi connectivity index (χ4v) is 4.63. The van der Waals surface area contributed by atoms with Crippen LogP contribution >= 0.6 is 0 Å². The standard InChI is InChI=1S/C13H27NO4Si/c1-5-9-16-19(17-10-6-2,18-11-7-3)13(8-4)14-12-15/h13H,5-11H2,1-4H3. The smallest absolute Gasteiger partial charge is 0.372 e. The van der Waals surface area contributed by atoms with E-state index in [0.717, 1.165) is 19.3 Å². The van der Waals surface area contributed by atoms with Gasteiger partial charge in [-0.25, -0.2) is 4.79 Å². The lowest BCUT2D eigenvalue weighted by Crippen LogP contribution is -2.56. The van der Waals surface area contributed by atoms with Crippen molar-refractivity contribution < 1.29 is 18.1 Å². The van der Waals surface area contributed by atoms with E-state index in [1.54, 1.807) is 6.08 Å². The van der Waals surface area contributed by atoms with Crippen LogP contribution in [0.2, 0.25) is 0 Å². The van der Waals surface area contributed by atoms with Crippen LogP contribution < -0.4 is 0 Å². The van der Waals surface area contributed by atoms with Gasteiger partial charge >= 0.3 is 8.80 Å². The molecule has 0 bridgehead atoms. The molecule has 0 spiro atoms. The molecule has 0 heterocycles. The third-order valence-electron chi connectivity index (χ3n) is 2.53. The molecule has 6 heteroatoms. The third kappa shape index (κ3) is 6.45. The van der Waals surface area contributed by atoms with Gasteiger partial charge in [-0.3, -0.25) is 0 Å². The molecule has 0 aromatic heterocycles. The number of isocyanates is 1. The molecule has 5 nitrogen and oxygen atoms in total. The Kier molecular flexibility index (Phi) is 11.0. The van der Waals surface area contributed by atoms with Crippen LogP contribution in [0.15, 0.2) is 4.99 Å². The monoisotopic (exact) mass is 289 g/mol. The molecule has 0 aromatic rings. The highest BCUT2D eigenvalue weighted by atomic mass is 28.4. The fraction of sp³-hybridized carbons (Fsp3) is 0.923. The van der Waals surface area contributed by atoms with Crippen molar-refractivity contribution in [3.05, 3.63) is 0 Å². The summed E-state index contributed by atoms with van der Waals surface area (Å²) in [6.07, 6.45) is 4.90. The first-order chi connectivity index (χ1) is 9.20. The molecule has 1 unspecified atom stereocenters. The summed E-state index contributed by atoms with van der Waals surface area (Å²) in [4.78, 5) is 14.5. The summed E-state index contributed by atoms with van der Waals surface area (Å²) >= 11 is 0. The number of nitrogens with zero attached hydrogens (tertiary/aromatic N) is 1. The first-order valence-corrected chi connectivity index (χ1v) is 8.99. The zero-order valence-corrected chi connectivity index (χ0v) is 13.6. The van der Waals surface area contributed by atoms with Gasteiger partial charge in [0.05, 0.1) is 0 Å². The lowest BCUT2D eigenvalue weighted by molar-refractivity contribution is 0.0505. The summed E-state index contributed by atoms with van der Waals surface area (Å²) in [5, 5.41) is 0. The average molecular weight is 289 g/mol. The summed E-state index contributed by atoms with van der Waals surface area (Å²) < 4.78 is 17.7. The molecule has 0 fully saturated rings. The van der Waals surface area contributed by atoms with Crippen LogP contribution in [0.1, 0.15) is 53.4 Å². The molecule has 112 valence electrons. The predicted molar refractivity (Wildman–Crippen MR) is 76.7 cm³/mol. The van der Waals surface area contributed by atoms with Crippen molar-refractivity contribution in [1.29, 1.82) is 0 Å². The quantitative estimate of drug-likeness (QED) is 0.315. The Bertz CT molecular complexity index is 248. The van der Waals surface area contributed by atoms with Crippen LogP contribution in [0.25, 0.3) is 0 Å². The predicted octanol–water partition coefficient (Wildman–Crippen LogP) is 2.86. The summed E-state index contributed by atoms with van der Waals surface area (Å²) in [5.41, 5.74) is -0.352. The maximum atomic E-state index is 10.6. The molecular weight excluding hydrogens is 262 g/mol. The van der Waals surface area contributed by atoms with E-state index in [4.69, 9.17) is 13.3 Å². The van der Waals surface area contributed by atoms with E-state index in [-0.39, 0.29) is 5.67 Å². The Labute approximate surface area is 117 Å². The third-order valence-corrected chi connectivity index (χ3v) is 5.70. The number of carbonyl (C=O) groups excluding carboxylic acids is 1. The van der Waals surface area contributed by atoms with Crippen molar-refractivity contribution in [2.45, 2.75) is 59.0 Å². The minimum atomic E-state index is -2.94. The van der Waals surface area contributed by atoms with Gasteiger partial charge in [0.2, 0.25) is 6.08 Å². The molecule has 0 aliphatic rings. The second-order valence-corrected chi connectivity index (χ2v) is 7.03. The molecule has 0 aliphatic heterocycles. The average Bonchev–Trinajstić information content (AvgIpc) is 2.44. The Morgan fingerprint density at radius 2 is 1.37 bits per heavy atom. The van der Waals surface area contributed by atoms with Crippen molar-refractivity contribution in [2.24, 2.45) is 4.99 Å². The van der Waals surface area contributed by atoms with Gasteiger partial charge in [0.15, 0.2) is 0 Å². The normalized spacial score (nSPS) is 13.1. The lowest BCUT2D eigenvalue weighted by atomic mass is 10.5. The summed E-state index contributed by atoms with van der Waals surface area (Å²) in [6.45, 7) is 9.72. The SMILES string of the molecule is CCCO[Si](OCCC)(OCCC)C(CC)N=C=O. The molecule has 0 rings (SSSR count). The summed E-state index contributed by atoms with van der Waals surface area (Å²) in [6, 6.07) is 0. The van der Waals surface area contributed by atoms with Crippen molar-refractivity contribution in [3.63, 3.8) is 0 Å². The molecule has 0 aliphatic carbocycles. The van der Waals surface area contributed by atoms with Gasteiger partial charge in [-0.15, -0.1) is 0 Å². The minimum absolute atomic E-state index is 0.352. The van der Waals surface area contributed by atoms with Gasteiger partial charge in [-0.1, -0.05) is 27.7 Å². The molecule has 0 radical (unpaired) electrons. The van der Waals surface area contributed by atoms with Gasteiger partial charge in [0.25, 0.3) is 0 Å². The maximum absolute atomic E-state index is 10.6. The second kappa shape index (κ2) is 11.3. The first kappa shape index (κ1) is 18.5. The van der Waals surface area contributed by atoms with E-state index in [2.05, 4.69) is 4.99 Å². The van der Waals surface area contributed by atoms with Gasteiger partial charge in [-0.05, 0) is 25.7 Å². The van der Waals surface area contributed by atoms with Gasteiger partial charge in [-0.2, -0.15) is 4.99 Å². The fourth-order valence-electron chi connectivity index (χ4n) is 1.63. The molecule has 19 heavy (non-hydrogen) atoms. The van der Waals surface area contributed by atoms with Gasteiger partial charge in [0, 0.05) is 19.8 Å². The zero-order valence-electron chi connectivity index (χ0n) is 12.6. The van der Waals surface area contributed by atoms with Crippen LogP contribution in [0, 0.1) is 0 Å². The molecule has 0 saturated carbocycles. The van der Waals surface area contributed by atoms with Crippen LogP contribution in [0.3, 0.4) is 0 Å². The Morgan fingerprint density at radius 3 is 1.63 bits per heavy atom. The minimum Gasteiger partial charge on any atom is -0.372 e. The van der Waals surface area contributed by atoms with E-state index in [0.29, 0.717) is 26.2 Å². The van der Waals surface area contributed by atoms with Crippen LogP contribution in [0.4, 0.5) is 0 Å². The molecule has 0 N–H and O–H groups in total. The van der Waals surface area contributed by atoms with Crippen molar-refractivity contribution in [3.8, 4) is 0 Å². The molecular formula is C13H27NO4Si. The van der Waals surface area contributed by atoms with E-state index in [1.165, 1.54) is 0 Å². The topological polar surface area (TPSA) is 57.1 Å². The highest BCUT2D eigenvalue weighted by molar-refractivity contribution is 6.62. The van der Waals surface area contributed by atoms with E-state index < -0.39 is 8.80 Å². The lowest BCUT2D eigenvalue weighted by Gasteiger charge is -2.32. The number of aliphatic imine (C=N–C) groups is 1. The van der Waals surface area contributed by atoms with Crippen LogP contribution in [-0.4, -0.2) is 40.4 Å². The highest BCUT2D eigenvalue weighted by Gasteiger charge is 2.49. The Balaban J connectivity index is 5.09. The van der Waals surface area contributed by atoms with E-state index in [9.17, 15) is 4.79 Å². The largest absolute Gasteiger partial charge is 0.527 e. The highest BCUT2D eigenvalue weighted by Crippen LogP contribution is 2.21. The maximum Gasteiger partial charge on any atom is 0.527 e. The van der Waals surface area contributed by atoms with Gasteiger partial charge in [0.1, 0.15) is 5.67 Å². The first-order valence-electron chi connectivity index (χ1n) is 7.19. The van der Waals surface area contributed by atoms with Crippen molar-refractivity contribution in [1.82, 2.24) is 0 Å². The van der Waals surface area contributed by atoms with E-state index in [1.807, 2.05) is 27.7 Å². The van der Waals surface area contributed by atoms with Crippen LogP contribution in [-0.2, 0) is 18.1 Å².